The van der Waals surface area contributed by atoms with Gasteiger partial charge in [0.05, 0.1) is 5.52 Å². The van der Waals surface area contributed by atoms with E-state index < -0.39 is 0 Å². The Hall–Kier alpha value is -1.59. The number of hydrogen-bond acceptors (Lipinski definition) is 4. The molecule has 0 bridgehead atoms. The first-order valence-electron chi connectivity index (χ1n) is 6.19. The fourth-order valence-electron chi connectivity index (χ4n) is 1.93. The van der Waals surface area contributed by atoms with E-state index in [0.29, 0.717) is 10.9 Å². The fraction of sp³-hybridized carbons (Fsp3) is 0.214. The highest BCUT2D eigenvalue weighted by Crippen LogP contribution is 2.27. The smallest absolute Gasteiger partial charge is 0.208 e. The summed E-state index contributed by atoms with van der Waals surface area (Å²) in [6.07, 6.45) is 0. The minimum Gasteiger partial charge on any atom is -0.262 e. The molecule has 0 saturated carbocycles. The van der Waals surface area contributed by atoms with Crippen molar-refractivity contribution in [3.05, 3.63) is 46.4 Å². The van der Waals surface area contributed by atoms with Crippen LogP contribution < -0.4 is 0 Å². The van der Waals surface area contributed by atoms with Crippen LogP contribution in [0.25, 0.3) is 10.9 Å². The number of aromatic nitrogens is 4. The van der Waals surface area contributed by atoms with Crippen LogP contribution in [-0.4, -0.2) is 20.2 Å². The molecule has 102 valence electrons. The monoisotopic (exact) mass is 304 g/mol. The number of thioether (sulfide) groups is 1. The maximum absolute atomic E-state index is 6.25. The molecule has 1 aromatic carbocycles. The highest BCUT2D eigenvalue weighted by Gasteiger charge is 2.08. The lowest BCUT2D eigenvalue weighted by atomic mass is 10.1. The molecule has 0 fully saturated rings. The number of aromatic amines is 1. The highest BCUT2D eigenvalue weighted by molar-refractivity contribution is 7.98. The maximum atomic E-state index is 6.25. The minimum absolute atomic E-state index is 0.544. The number of fused-ring (bicyclic) bond motifs is 1. The van der Waals surface area contributed by atoms with Crippen LogP contribution in [0.2, 0.25) is 5.15 Å². The van der Waals surface area contributed by atoms with Crippen LogP contribution in [0.3, 0.4) is 0 Å². The molecular formula is C14H13ClN4S. The SMILES string of the molecule is Cc1ccc2cc(CSc3n[nH]c(C)n3)c(Cl)nc2c1. The van der Waals surface area contributed by atoms with Gasteiger partial charge in [-0.05, 0) is 31.5 Å². The van der Waals surface area contributed by atoms with Gasteiger partial charge >= 0.3 is 0 Å². The van der Waals surface area contributed by atoms with E-state index in [1.54, 1.807) is 11.8 Å². The predicted molar refractivity (Wildman–Crippen MR) is 82.2 cm³/mol. The number of benzene rings is 1. The average Bonchev–Trinajstić information content (AvgIpc) is 2.82. The molecule has 20 heavy (non-hydrogen) atoms. The second kappa shape index (κ2) is 5.42. The molecule has 0 aliphatic rings. The van der Waals surface area contributed by atoms with Crippen molar-refractivity contribution in [2.24, 2.45) is 0 Å². The van der Waals surface area contributed by atoms with Crippen LogP contribution in [0.15, 0.2) is 29.4 Å². The molecule has 0 aliphatic carbocycles. The van der Waals surface area contributed by atoms with Crippen LogP contribution in [-0.2, 0) is 5.75 Å². The third kappa shape index (κ3) is 2.78. The number of rotatable bonds is 3. The molecule has 0 saturated heterocycles. The number of nitrogens with zero attached hydrogens (tertiary/aromatic N) is 3. The van der Waals surface area contributed by atoms with Gasteiger partial charge in [-0.1, -0.05) is 35.5 Å². The van der Waals surface area contributed by atoms with E-state index in [1.165, 1.54) is 5.56 Å². The average molecular weight is 305 g/mol. The summed E-state index contributed by atoms with van der Waals surface area (Å²) in [5.74, 6) is 1.51. The zero-order valence-electron chi connectivity index (χ0n) is 11.1. The molecule has 3 aromatic rings. The topological polar surface area (TPSA) is 54.5 Å². The minimum atomic E-state index is 0.544. The maximum Gasteiger partial charge on any atom is 0.208 e. The predicted octanol–water partition coefficient (Wildman–Crippen LogP) is 3.92. The fourth-order valence-corrected chi connectivity index (χ4v) is 3.04. The lowest BCUT2D eigenvalue weighted by molar-refractivity contribution is 0.969. The Labute approximate surface area is 126 Å². The molecule has 0 amide bonds. The van der Waals surface area contributed by atoms with Gasteiger partial charge < -0.3 is 0 Å². The molecule has 3 rings (SSSR count). The Morgan fingerprint density at radius 1 is 1.20 bits per heavy atom. The molecule has 0 radical (unpaired) electrons. The van der Waals surface area contributed by atoms with Gasteiger partial charge in [-0.25, -0.2) is 9.97 Å². The summed E-state index contributed by atoms with van der Waals surface area (Å²) in [5, 5.41) is 9.29. The lowest BCUT2D eigenvalue weighted by Gasteiger charge is -2.05. The van der Waals surface area contributed by atoms with E-state index in [9.17, 15) is 0 Å². The lowest BCUT2D eigenvalue weighted by Crippen LogP contribution is -1.90. The van der Waals surface area contributed by atoms with E-state index in [2.05, 4.69) is 38.4 Å². The number of hydrogen-bond donors (Lipinski definition) is 1. The van der Waals surface area contributed by atoms with Crippen molar-refractivity contribution in [3.63, 3.8) is 0 Å². The number of nitrogens with one attached hydrogen (secondary N) is 1. The van der Waals surface area contributed by atoms with Crippen molar-refractivity contribution in [2.75, 3.05) is 0 Å². The largest absolute Gasteiger partial charge is 0.262 e. The molecule has 1 N–H and O–H groups in total. The van der Waals surface area contributed by atoms with Gasteiger partial charge in [0.25, 0.3) is 0 Å². The molecule has 2 aromatic heterocycles. The molecule has 0 spiro atoms. The second-order valence-electron chi connectivity index (χ2n) is 4.63. The van der Waals surface area contributed by atoms with Crippen molar-refractivity contribution < 1.29 is 0 Å². The number of halogens is 1. The summed E-state index contributed by atoms with van der Waals surface area (Å²) in [6, 6.07) is 8.26. The summed E-state index contributed by atoms with van der Waals surface area (Å²) in [6.45, 7) is 3.92. The van der Waals surface area contributed by atoms with E-state index in [1.807, 2.05) is 19.9 Å². The first kappa shape index (κ1) is 13.4. The molecule has 6 heteroatoms. The van der Waals surface area contributed by atoms with Crippen molar-refractivity contribution in [2.45, 2.75) is 24.8 Å². The van der Waals surface area contributed by atoms with E-state index in [4.69, 9.17) is 11.6 Å². The van der Waals surface area contributed by atoms with E-state index >= 15 is 0 Å². The molecule has 0 aliphatic heterocycles. The molecule has 0 atom stereocenters. The van der Waals surface area contributed by atoms with Crippen molar-refractivity contribution in [3.8, 4) is 0 Å². The van der Waals surface area contributed by atoms with Gasteiger partial charge in [0.2, 0.25) is 5.16 Å². The Balaban J connectivity index is 1.87. The normalized spacial score (nSPS) is 11.2. The Morgan fingerprint density at radius 3 is 2.80 bits per heavy atom. The number of pyridine rings is 1. The van der Waals surface area contributed by atoms with Crippen LogP contribution >= 0.6 is 23.4 Å². The van der Waals surface area contributed by atoms with E-state index in [-0.39, 0.29) is 0 Å². The van der Waals surface area contributed by atoms with Gasteiger partial charge in [-0.15, -0.1) is 5.10 Å². The van der Waals surface area contributed by atoms with Gasteiger partial charge in [-0.3, -0.25) is 5.10 Å². The first-order chi connectivity index (χ1) is 9.61. The van der Waals surface area contributed by atoms with Crippen LogP contribution in [0.5, 0.6) is 0 Å². The van der Waals surface area contributed by atoms with E-state index in [0.717, 1.165) is 27.4 Å². The van der Waals surface area contributed by atoms with Gasteiger partial charge in [-0.2, -0.15) is 0 Å². The standard InChI is InChI=1S/C14H13ClN4S/c1-8-3-4-10-6-11(13(15)17-12(10)5-8)7-20-14-16-9(2)18-19-14/h3-6H,7H2,1-2H3,(H,16,18,19). The first-order valence-corrected chi connectivity index (χ1v) is 7.56. The second-order valence-corrected chi connectivity index (χ2v) is 5.93. The zero-order chi connectivity index (χ0) is 14.1. The summed E-state index contributed by atoms with van der Waals surface area (Å²) < 4.78 is 0. The van der Waals surface area contributed by atoms with Crippen molar-refractivity contribution in [1.29, 1.82) is 0 Å². The quantitative estimate of drug-likeness (QED) is 0.588. The Morgan fingerprint density at radius 2 is 2.05 bits per heavy atom. The van der Waals surface area contributed by atoms with Crippen LogP contribution in [0.4, 0.5) is 0 Å². The summed E-state index contributed by atoms with van der Waals surface area (Å²) in [7, 11) is 0. The van der Waals surface area contributed by atoms with Crippen molar-refractivity contribution in [1.82, 2.24) is 20.2 Å². The zero-order valence-corrected chi connectivity index (χ0v) is 12.7. The van der Waals surface area contributed by atoms with Crippen LogP contribution in [0.1, 0.15) is 17.0 Å². The number of H-pyrrole nitrogens is 1. The summed E-state index contributed by atoms with van der Waals surface area (Å²) in [4.78, 5) is 8.72. The third-order valence-electron chi connectivity index (χ3n) is 2.93. The van der Waals surface area contributed by atoms with Crippen LogP contribution in [0, 0.1) is 13.8 Å². The van der Waals surface area contributed by atoms with Gasteiger partial charge in [0.15, 0.2) is 0 Å². The van der Waals surface area contributed by atoms with Gasteiger partial charge in [0.1, 0.15) is 11.0 Å². The third-order valence-corrected chi connectivity index (χ3v) is 4.16. The summed E-state index contributed by atoms with van der Waals surface area (Å²) >= 11 is 7.80. The Kier molecular flexibility index (Phi) is 3.63. The molecule has 4 nitrogen and oxygen atoms in total. The van der Waals surface area contributed by atoms with Crippen molar-refractivity contribution >= 4 is 34.3 Å². The number of aryl methyl sites for hydroxylation is 2. The molecule has 2 heterocycles. The molecule has 0 unspecified atom stereocenters. The van der Waals surface area contributed by atoms with Gasteiger partial charge in [0, 0.05) is 16.7 Å². The Bertz CT molecular complexity index is 769. The molecular weight excluding hydrogens is 292 g/mol. The summed E-state index contributed by atoms with van der Waals surface area (Å²) in [5.41, 5.74) is 3.10. The highest BCUT2D eigenvalue weighted by atomic mass is 35.5.